The van der Waals surface area contributed by atoms with Crippen LogP contribution in [-0.2, 0) is 23.8 Å². The van der Waals surface area contributed by atoms with Gasteiger partial charge in [0.1, 0.15) is 24.7 Å². The summed E-state index contributed by atoms with van der Waals surface area (Å²) in [6.07, 6.45) is 3.62. The zero-order chi connectivity index (χ0) is 25.7. The Bertz CT molecular complexity index is 991. The molecule has 0 saturated carbocycles. The van der Waals surface area contributed by atoms with Crippen LogP contribution >= 0.6 is 0 Å². The number of benzene rings is 2. The second kappa shape index (κ2) is 13.9. The summed E-state index contributed by atoms with van der Waals surface area (Å²) in [4.78, 5) is 35.4. The van der Waals surface area contributed by atoms with Crippen molar-refractivity contribution in [3.63, 3.8) is 0 Å². The Morgan fingerprint density at radius 3 is 2.11 bits per heavy atom. The smallest absolute Gasteiger partial charge is 0.343 e. The Kier molecular flexibility index (Phi) is 11.0. The molecular weight excluding hydrogens is 452 g/mol. The molecule has 0 amide bonds. The SMILES string of the molecule is CCC(C)(C)C(=O)OCCOCCOc1ccc(C(=O)Oc2ccc(/C=C/C(=O)OC)cc2)cc1. The Labute approximate surface area is 205 Å². The summed E-state index contributed by atoms with van der Waals surface area (Å²) in [6, 6.07) is 13.3. The lowest BCUT2D eigenvalue weighted by molar-refractivity contribution is -0.155. The van der Waals surface area contributed by atoms with Crippen molar-refractivity contribution < 1.29 is 38.1 Å². The molecule has 0 heterocycles. The van der Waals surface area contributed by atoms with E-state index in [2.05, 4.69) is 4.74 Å². The minimum Gasteiger partial charge on any atom is -0.491 e. The molecule has 0 aliphatic heterocycles. The van der Waals surface area contributed by atoms with E-state index in [0.717, 1.165) is 5.56 Å². The van der Waals surface area contributed by atoms with E-state index >= 15 is 0 Å². The van der Waals surface area contributed by atoms with Gasteiger partial charge < -0.3 is 23.7 Å². The maximum atomic E-state index is 12.4. The molecular formula is C27H32O8. The van der Waals surface area contributed by atoms with Crippen molar-refractivity contribution >= 4 is 24.0 Å². The van der Waals surface area contributed by atoms with E-state index in [1.165, 1.54) is 13.2 Å². The summed E-state index contributed by atoms with van der Waals surface area (Å²) < 4.78 is 26.1. The molecule has 0 unspecified atom stereocenters. The minimum absolute atomic E-state index is 0.200. The number of rotatable bonds is 13. The van der Waals surface area contributed by atoms with Crippen LogP contribution in [-0.4, -0.2) is 51.4 Å². The van der Waals surface area contributed by atoms with Crippen LogP contribution in [0.15, 0.2) is 54.6 Å². The van der Waals surface area contributed by atoms with Gasteiger partial charge in [-0.1, -0.05) is 19.1 Å². The highest BCUT2D eigenvalue weighted by atomic mass is 16.6. The topological polar surface area (TPSA) is 97.4 Å². The van der Waals surface area contributed by atoms with Gasteiger partial charge in [-0.2, -0.15) is 0 Å². The van der Waals surface area contributed by atoms with Crippen LogP contribution in [0.3, 0.4) is 0 Å². The van der Waals surface area contributed by atoms with Crippen LogP contribution in [0.2, 0.25) is 0 Å². The van der Waals surface area contributed by atoms with Gasteiger partial charge in [-0.3, -0.25) is 4.79 Å². The van der Waals surface area contributed by atoms with Crippen LogP contribution in [0.1, 0.15) is 43.1 Å². The van der Waals surface area contributed by atoms with Crippen LogP contribution in [0.4, 0.5) is 0 Å². The highest BCUT2D eigenvalue weighted by Gasteiger charge is 2.26. The second-order valence-electron chi connectivity index (χ2n) is 8.17. The van der Waals surface area contributed by atoms with Crippen molar-refractivity contribution in [3.8, 4) is 11.5 Å². The van der Waals surface area contributed by atoms with E-state index in [0.29, 0.717) is 43.3 Å². The number of carbonyl (C=O) groups is 3. The van der Waals surface area contributed by atoms with Crippen LogP contribution in [0.25, 0.3) is 6.08 Å². The zero-order valence-electron chi connectivity index (χ0n) is 20.6. The fourth-order valence-corrected chi connectivity index (χ4v) is 2.59. The molecule has 0 saturated heterocycles. The number of esters is 3. The van der Waals surface area contributed by atoms with Crippen molar-refractivity contribution in [1.82, 2.24) is 0 Å². The maximum Gasteiger partial charge on any atom is 0.343 e. The Morgan fingerprint density at radius 2 is 1.49 bits per heavy atom. The van der Waals surface area contributed by atoms with Crippen molar-refractivity contribution in [1.29, 1.82) is 0 Å². The molecule has 0 aliphatic carbocycles. The number of ether oxygens (including phenoxy) is 5. The fraction of sp³-hybridized carbons (Fsp3) is 0.370. The third-order valence-electron chi connectivity index (χ3n) is 5.19. The molecule has 2 aromatic carbocycles. The summed E-state index contributed by atoms with van der Waals surface area (Å²) in [6.45, 7) is 6.78. The van der Waals surface area contributed by atoms with Gasteiger partial charge in [-0.25, -0.2) is 9.59 Å². The third-order valence-corrected chi connectivity index (χ3v) is 5.19. The van der Waals surface area contributed by atoms with Crippen molar-refractivity contribution in [2.75, 3.05) is 33.5 Å². The Morgan fingerprint density at radius 1 is 0.857 bits per heavy atom. The van der Waals surface area contributed by atoms with Crippen LogP contribution in [0, 0.1) is 5.41 Å². The minimum atomic E-state index is -0.501. The lowest BCUT2D eigenvalue weighted by Gasteiger charge is -2.20. The van der Waals surface area contributed by atoms with Gasteiger partial charge in [-0.15, -0.1) is 0 Å². The average Bonchev–Trinajstić information content (AvgIpc) is 2.87. The molecule has 2 aromatic rings. The van der Waals surface area contributed by atoms with Crippen molar-refractivity contribution in [2.24, 2.45) is 5.41 Å². The maximum absolute atomic E-state index is 12.4. The van der Waals surface area contributed by atoms with E-state index in [1.807, 2.05) is 20.8 Å². The zero-order valence-corrected chi connectivity index (χ0v) is 20.6. The first-order valence-corrected chi connectivity index (χ1v) is 11.3. The van der Waals surface area contributed by atoms with E-state index in [9.17, 15) is 14.4 Å². The molecule has 0 fully saturated rings. The highest BCUT2D eigenvalue weighted by Crippen LogP contribution is 2.21. The van der Waals surface area contributed by atoms with Crippen LogP contribution < -0.4 is 9.47 Å². The Hall–Kier alpha value is -3.65. The standard InChI is InChI=1S/C27H32O8/c1-5-27(2,3)26(30)34-19-17-32-16-18-33-22-13-9-21(10-14-22)25(29)35-23-11-6-20(7-12-23)8-15-24(28)31-4/h6-15H,5,16-19H2,1-4H3/b15-8+. The van der Waals surface area contributed by atoms with Gasteiger partial charge >= 0.3 is 17.9 Å². The molecule has 0 bridgehead atoms. The van der Waals surface area contributed by atoms with Crippen LogP contribution in [0.5, 0.6) is 11.5 Å². The number of methoxy groups -OCH3 is 1. The van der Waals surface area contributed by atoms with E-state index in [1.54, 1.807) is 54.6 Å². The predicted molar refractivity (Wildman–Crippen MR) is 130 cm³/mol. The highest BCUT2D eigenvalue weighted by molar-refractivity contribution is 5.91. The first kappa shape index (κ1) is 27.6. The van der Waals surface area contributed by atoms with Crippen molar-refractivity contribution in [3.05, 3.63) is 65.7 Å². The van der Waals surface area contributed by atoms with Gasteiger partial charge in [-0.05, 0) is 68.3 Å². The number of hydrogen-bond acceptors (Lipinski definition) is 8. The molecule has 35 heavy (non-hydrogen) atoms. The molecule has 2 rings (SSSR count). The number of carbonyl (C=O) groups excluding carboxylic acids is 3. The summed E-state index contributed by atoms with van der Waals surface area (Å²) in [5.41, 5.74) is 0.652. The second-order valence-corrected chi connectivity index (χ2v) is 8.17. The lowest BCUT2D eigenvalue weighted by atomic mass is 9.91. The Balaban J connectivity index is 1.69. The largest absolute Gasteiger partial charge is 0.491 e. The van der Waals surface area contributed by atoms with E-state index in [4.69, 9.17) is 18.9 Å². The fourth-order valence-electron chi connectivity index (χ4n) is 2.59. The molecule has 0 spiro atoms. The van der Waals surface area contributed by atoms with Gasteiger partial charge in [0.15, 0.2) is 0 Å². The summed E-state index contributed by atoms with van der Waals surface area (Å²) in [7, 11) is 1.31. The summed E-state index contributed by atoms with van der Waals surface area (Å²) in [5.74, 6) is -0.216. The molecule has 0 aromatic heterocycles. The molecule has 0 atom stereocenters. The average molecular weight is 485 g/mol. The summed E-state index contributed by atoms with van der Waals surface area (Å²) in [5, 5.41) is 0. The quantitative estimate of drug-likeness (QED) is 0.178. The first-order chi connectivity index (χ1) is 16.7. The van der Waals surface area contributed by atoms with Gasteiger partial charge in [0.25, 0.3) is 0 Å². The van der Waals surface area contributed by atoms with E-state index < -0.39 is 17.4 Å². The van der Waals surface area contributed by atoms with E-state index in [-0.39, 0.29) is 12.6 Å². The normalized spacial score (nSPS) is 11.2. The summed E-state index contributed by atoms with van der Waals surface area (Å²) >= 11 is 0. The third kappa shape index (κ3) is 9.62. The van der Waals surface area contributed by atoms with Gasteiger partial charge in [0, 0.05) is 6.08 Å². The molecule has 8 nitrogen and oxygen atoms in total. The molecule has 0 radical (unpaired) electrons. The lowest BCUT2D eigenvalue weighted by Crippen LogP contribution is -2.27. The van der Waals surface area contributed by atoms with Gasteiger partial charge in [0.2, 0.25) is 0 Å². The molecule has 0 aliphatic rings. The predicted octanol–water partition coefficient (Wildman–Crippen LogP) is 4.47. The van der Waals surface area contributed by atoms with Crippen molar-refractivity contribution in [2.45, 2.75) is 27.2 Å². The molecule has 188 valence electrons. The monoisotopic (exact) mass is 484 g/mol. The van der Waals surface area contributed by atoms with Gasteiger partial charge in [0.05, 0.1) is 31.3 Å². The number of hydrogen-bond donors (Lipinski definition) is 0. The first-order valence-electron chi connectivity index (χ1n) is 11.3. The molecule has 0 N–H and O–H groups in total. The molecule has 8 heteroatoms.